The molecule has 1 N–H and O–H groups in total. The Morgan fingerprint density at radius 2 is 2.22 bits per heavy atom. The lowest BCUT2D eigenvalue weighted by Crippen LogP contribution is -2.20. The molecule has 100 valence electrons. The molecule has 1 atom stereocenters. The quantitative estimate of drug-likeness (QED) is 0.835. The van der Waals surface area contributed by atoms with Gasteiger partial charge in [0.2, 0.25) is 0 Å². The summed E-state index contributed by atoms with van der Waals surface area (Å²) in [4.78, 5) is 2.21. The number of benzene rings is 1. The lowest BCUT2D eigenvalue weighted by molar-refractivity contribution is 0.303. The van der Waals surface area contributed by atoms with Crippen LogP contribution in [-0.2, 0) is 6.54 Å². The molecule has 1 unspecified atom stereocenters. The van der Waals surface area contributed by atoms with E-state index in [1.54, 1.807) is 6.07 Å². The number of nitrogens with zero attached hydrogens (tertiary/aromatic N) is 1. The Morgan fingerprint density at radius 1 is 1.39 bits per heavy atom. The monoisotopic (exact) mass is 250 g/mol. The highest BCUT2D eigenvalue weighted by Crippen LogP contribution is 2.15. The third-order valence-electron chi connectivity index (χ3n) is 3.71. The molecular weight excluding hydrogens is 227 g/mol. The molecule has 2 nitrogen and oxygen atoms in total. The van der Waals surface area contributed by atoms with Crippen molar-refractivity contribution in [1.29, 1.82) is 0 Å². The Labute approximate surface area is 109 Å². The Balaban J connectivity index is 1.68. The zero-order valence-electron chi connectivity index (χ0n) is 11.2. The maximum Gasteiger partial charge on any atom is 0.127 e. The van der Waals surface area contributed by atoms with E-state index in [4.69, 9.17) is 0 Å². The third kappa shape index (κ3) is 4.07. The van der Waals surface area contributed by atoms with Gasteiger partial charge in [-0.1, -0.05) is 18.2 Å². The molecule has 0 spiro atoms. The van der Waals surface area contributed by atoms with Crippen molar-refractivity contribution < 1.29 is 4.39 Å². The fourth-order valence-electron chi connectivity index (χ4n) is 2.61. The second kappa shape index (κ2) is 6.86. The molecular formula is C15H23FN2. The Hall–Kier alpha value is -0.930. The molecule has 18 heavy (non-hydrogen) atoms. The predicted octanol–water partition coefficient (Wildman–Crippen LogP) is 2.65. The van der Waals surface area contributed by atoms with Gasteiger partial charge in [-0.15, -0.1) is 0 Å². The van der Waals surface area contributed by atoms with Crippen LogP contribution in [0.5, 0.6) is 0 Å². The molecule has 1 heterocycles. The van der Waals surface area contributed by atoms with Gasteiger partial charge in [-0.2, -0.15) is 0 Å². The van der Waals surface area contributed by atoms with E-state index in [0.29, 0.717) is 6.54 Å². The van der Waals surface area contributed by atoms with E-state index in [-0.39, 0.29) is 5.82 Å². The maximum atomic E-state index is 13.5. The largest absolute Gasteiger partial charge is 0.316 e. The van der Waals surface area contributed by atoms with Gasteiger partial charge in [-0.3, -0.25) is 0 Å². The molecule has 1 aromatic carbocycles. The van der Waals surface area contributed by atoms with Crippen molar-refractivity contribution in [2.24, 2.45) is 5.92 Å². The lowest BCUT2D eigenvalue weighted by Gasteiger charge is -2.18. The first kappa shape index (κ1) is 13.5. The number of nitrogens with one attached hydrogen (secondary N) is 1. The van der Waals surface area contributed by atoms with E-state index in [9.17, 15) is 4.39 Å². The van der Waals surface area contributed by atoms with Gasteiger partial charge in [0, 0.05) is 12.1 Å². The van der Waals surface area contributed by atoms with Crippen LogP contribution in [0.3, 0.4) is 0 Å². The van der Waals surface area contributed by atoms with Crippen LogP contribution in [0.2, 0.25) is 0 Å². The highest BCUT2D eigenvalue weighted by Gasteiger charge is 2.14. The van der Waals surface area contributed by atoms with Crippen LogP contribution in [0.25, 0.3) is 0 Å². The first-order chi connectivity index (χ1) is 8.75. The highest BCUT2D eigenvalue weighted by molar-refractivity contribution is 5.16. The maximum absolute atomic E-state index is 13.5. The summed E-state index contributed by atoms with van der Waals surface area (Å²) in [5.41, 5.74) is 0.794. The summed E-state index contributed by atoms with van der Waals surface area (Å²) in [6.07, 6.45) is 3.81. The lowest BCUT2D eigenvalue weighted by atomic mass is 10.0. The smallest absolute Gasteiger partial charge is 0.127 e. The van der Waals surface area contributed by atoms with Crippen LogP contribution < -0.4 is 5.32 Å². The van der Waals surface area contributed by atoms with Crippen LogP contribution in [0, 0.1) is 11.7 Å². The van der Waals surface area contributed by atoms with Gasteiger partial charge in [0.05, 0.1) is 0 Å². The van der Waals surface area contributed by atoms with Gasteiger partial charge in [0.1, 0.15) is 5.82 Å². The molecule has 1 saturated heterocycles. The van der Waals surface area contributed by atoms with E-state index < -0.39 is 0 Å². The van der Waals surface area contributed by atoms with E-state index in [1.807, 2.05) is 12.1 Å². The molecule has 0 amide bonds. The van der Waals surface area contributed by atoms with E-state index in [1.165, 1.54) is 38.4 Å². The second-order valence-electron chi connectivity index (χ2n) is 5.33. The number of rotatable bonds is 6. The predicted molar refractivity (Wildman–Crippen MR) is 72.9 cm³/mol. The standard InChI is InChI=1S/C15H23FN2/c1-18(10-4-5-13-8-9-17-11-13)12-14-6-2-3-7-15(14)16/h2-3,6-7,13,17H,4-5,8-12H2,1H3. The Kier molecular flexibility index (Phi) is 5.14. The van der Waals surface area contributed by atoms with Crippen LogP contribution in [0.15, 0.2) is 24.3 Å². The van der Waals surface area contributed by atoms with Gasteiger partial charge in [0.25, 0.3) is 0 Å². The van der Waals surface area contributed by atoms with Crippen molar-refractivity contribution in [2.45, 2.75) is 25.8 Å². The van der Waals surface area contributed by atoms with Crippen molar-refractivity contribution in [3.05, 3.63) is 35.6 Å². The van der Waals surface area contributed by atoms with Gasteiger partial charge in [0.15, 0.2) is 0 Å². The zero-order valence-corrected chi connectivity index (χ0v) is 11.2. The summed E-state index contributed by atoms with van der Waals surface area (Å²) in [5.74, 6) is 0.760. The summed E-state index contributed by atoms with van der Waals surface area (Å²) in [7, 11) is 2.07. The summed E-state index contributed by atoms with van der Waals surface area (Å²) >= 11 is 0. The summed E-state index contributed by atoms with van der Waals surface area (Å²) in [6, 6.07) is 7.04. The van der Waals surface area contributed by atoms with Gasteiger partial charge >= 0.3 is 0 Å². The highest BCUT2D eigenvalue weighted by atomic mass is 19.1. The fraction of sp³-hybridized carbons (Fsp3) is 0.600. The minimum Gasteiger partial charge on any atom is -0.316 e. The molecule has 0 bridgehead atoms. The molecule has 0 aromatic heterocycles. The molecule has 3 heteroatoms. The number of hydrogen-bond acceptors (Lipinski definition) is 2. The van der Waals surface area contributed by atoms with Gasteiger partial charge in [-0.05, 0) is 57.9 Å². The van der Waals surface area contributed by atoms with Crippen LogP contribution in [-0.4, -0.2) is 31.6 Å². The van der Waals surface area contributed by atoms with Crippen molar-refractivity contribution in [2.75, 3.05) is 26.7 Å². The van der Waals surface area contributed by atoms with Gasteiger partial charge in [-0.25, -0.2) is 4.39 Å². The summed E-state index contributed by atoms with van der Waals surface area (Å²) in [5, 5.41) is 3.39. The molecule has 2 rings (SSSR count). The van der Waals surface area contributed by atoms with E-state index >= 15 is 0 Å². The SMILES string of the molecule is CN(CCCC1CCNC1)Cc1ccccc1F. The second-order valence-corrected chi connectivity index (χ2v) is 5.33. The van der Waals surface area contributed by atoms with Crippen molar-refractivity contribution in [1.82, 2.24) is 10.2 Å². The topological polar surface area (TPSA) is 15.3 Å². The van der Waals surface area contributed by atoms with Crippen LogP contribution >= 0.6 is 0 Å². The zero-order chi connectivity index (χ0) is 12.8. The minimum absolute atomic E-state index is 0.0932. The summed E-state index contributed by atoms with van der Waals surface area (Å²) in [6.45, 7) is 4.10. The van der Waals surface area contributed by atoms with E-state index in [0.717, 1.165) is 18.0 Å². The minimum atomic E-state index is -0.0932. The number of hydrogen-bond donors (Lipinski definition) is 1. The molecule has 0 saturated carbocycles. The van der Waals surface area contributed by atoms with Gasteiger partial charge < -0.3 is 10.2 Å². The molecule has 0 radical (unpaired) electrons. The third-order valence-corrected chi connectivity index (χ3v) is 3.71. The molecule has 0 aliphatic carbocycles. The summed E-state index contributed by atoms with van der Waals surface area (Å²) < 4.78 is 13.5. The average Bonchev–Trinajstić information content (AvgIpc) is 2.85. The van der Waals surface area contributed by atoms with E-state index in [2.05, 4.69) is 17.3 Å². The van der Waals surface area contributed by atoms with Crippen LogP contribution in [0.4, 0.5) is 4.39 Å². The Bertz CT molecular complexity index is 361. The van der Waals surface area contributed by atoms with Crippen LogP contribution in [0.1, 0.15) is 24.8 Å². The first-order valence-electron chi connectivity index (χ1n) is 6.88. The van der Waals surface area contributed by atoms with Crippen molar-refractivity contribution in [3.8, 4) is 0 Å². The Morgan fingerprint density at radius 3 is 2.94 bits per heavy atom. The van der Waals surface area contributed by atoms with Crippen molar-refractivity contribution >= 4 is 0 Å². The van der Waals surface area contributed by atoms with Crippen molar-refractivity contribution in [3.63, 3.8) is 0 Å². The fourth-order valence-corrected chi connectivity index (χ4v) is 2.61. The normalized spacial score (nSPS) is 19.6. The first-order valence-corrected chi connectivity index (χ1v) is 6.88. The molecule has 1 fully saturated rings. The molecule has 1 aromatic rings. The molecule has 1 aliphatic heterocycles. The number of halogens is 1. The average molecular weight is 250 g/mol. The molecule has 1 aliphatic rings.